The van der Waals surface area contributed by atoms with Crippen LogP contribution >= 0.6 is 11.6 Å². The van der Waals surface area contributed by atoms with Crippen molar-refractivity contribution < 1.29 is 17.9 Å². The summed E-state index contributed by atoms with van der Waals surface area (Å²) in [6.07, 6.45) is 5.67. The molecule has 0 unspecified atom stereocenters. The van der Waals surface area contributed by atoms with Gasteiger partial charge in [0.2, 0.25) is 10.0 Å². The van der Waals surface area contributed by atoms with Crippen LogP contribution in [0.3, 0.4) is 0 Å². The highest BCUT2D eigenvalue weighted by molar-refractivity contribution is 7.92. The Morgan fingerprint density at radius 2 is 1.96 bits per heavy atom. The maximum absolute atomic E-state index is 12.9. The average molecular weight is 387 g/mol. The molecule has 0 saturated heterocycles. The first-order valence-electron chi connectivity index (χ1n) is 8.48. The normalized spacial score (nSPS) is 21.4. The molecule has 0 radical (unpaired) electrons. The lowest BCUT2D eigenvalue weighted by Crippen LogP contribution is -2.53. The number of anilines is 1. The van der Waals surface area contributed by atoms with E-state index in [2.05, 4.69) is 0 Å². The Bertz CT molecular complexity index is 762. The van der Waals surface area contributed by atoms with E-state index in [4.69, 9.17) is 16.3 Å². The van der Waals surface area contributed by atoms with E-state index >= 15 is 0 Å². The molecule has 0 N–H and O–H groups in total. The second kappa shape index (κ2) is 7.03. The van der Waals surface area contributed by atoms with Gasteiger partial charge in [-0.25, -0.2) is 8.42 Å². The van der Waals surface area contributed by atoms with Crippen molar-refractivity contribution in [2.24, 2.45) is 0 Å². The van der Waals surface area contributed by atoms with Crippen LogP contribution in [0, 0.1) is 0 Å². The first-order valence-corrected chi connectivity index (χ1v) is 10.7. The summed E-state index contributed by atoms with van der Waals surface area (Å²) >= 11 is 5.99. The van der Waals surface area contributed by atoms with E-state index in [0.29, 0.717) is 16.5 Å². The number of hydrogen-bond acceptors (Lipinski definition) is 4. The van der Waals surface area contributed by atoms with Gasteiger partial charge in [0.05, 0.1) is 18.5 Å². The van der Waals surface area contributed by atoms with Gasteiger partial charge in [0, 0.05) is 18.1 Å². The van der Waals surface area contributed by atoms with Crippen molar-refractivity contribution in [3.63, 3.8) is 0 Å². The topological polar surface area (TPSA) is 66.9 Å². The lowest BCUT2D eigenvalue weighted by Gasteiger charge is -2.38. The van der Waals surface area contributed by atoms with Crippen LogP contribution in [-0.4, -0.2) is 51.2 Å². The third-order valence-electron chi connectivity index (χ3n) is 4.94. The van der Waals surface area contributed by atoms with E-state index in [9.17, 15) is 13.2 Å². The van der Waals surface area contributed by atoms with Crippen LogP contribution in [0.25, 0.3) is 0 Å². The van der Waals surface area contributed by atoms with E-state index in [0.717, 1.165) is 31.9 Å². The van der Waals surface area contributed by atoms with E-state index in [-0.39, 0.29) is 18.5 Å². The van der Waals surface area contributed by atoms with Crippen molar-refractivity contribution >= 4 is 33.2 Å². The summed E-state index contributed by atoms with van der Waals surface area (Å²) in [6.45, 7) is -0.0396. The first kappa shape index (κ1) is 18.3. The predicted octanol–water partition coefficient (Wildman–Crippen LogP) is 2.66. The number of carbonyl (C=O) groups excluding carboxylic acids is 1. The van der Waals surface area contributed by atoms with Crippen LogP contribution in [0.1, 0.15) is 32.1 Å². The number of hydrogen-bond donors (Lipinski definition) is 0. The fourth-order valence-corrected chi connectivity index (χ4v) is 4.62. The second-order valence-corrected chi connectivity index (χ2v) is 9.10. The molecule has 0 bridgehead atoms. The number of ether oxygens (including phenoxy) is 1. The van der Waals surface area contributed by atoms with Gasteiger partial charge in [-0.15, -0.1) is 0 Å². The second-order valence-electron chi connectivity index (χ2n) is 6.75. The first-order chi connectivity index (χ1) is 11.8. The van der Waals surface area contributed by atoms with Crippen molar-refractivity contribution in [3.05, 3.63) is 23.2 Å². The molecule has 0 spiro atoms. The molecular weight excluding hydrogens is 364 g/mol. The van der Waals surface area contributed by atoms with Crippen LogP contribution in [0.5, 0.6) is 5.75 Å². The van der Waals surface area contributed by atoms with Gasteiger partial charge in [-0.05, 0) is 31.0 Å². The molecular formula is C17H23ClN2O4S. The summed E-state index contributed by atoms with van der Waals surface area (Å²) in [6, 6.07) is 4.97. The summed E-state index contributed by atoms with van der Waals surface area (Å²) in [7, 11) is -1.77. The van der Waals surface area contributed by atoms with Crippen molar-refractivity contribution in [1.82, 2.24) is 4.90 Å². The van der Waals surface area contributed by atoms with Gasteiger partial charge in [0.15, 0.2) is 6.10 Å². The number of nitrogens with zero attached hydrogens (tertiary/aromatic N) is 2. The molecule has 1 saturated carbocycles. The third kappa shape index (κ3) is 3.87. The number of fused-ring (bicyclic) bond motifs is 1. The van der Waals surface area contributed by atoms with Crippen molar-refractivity contribution in [2.45, 2.75) is 44.2 Å². The van der Waals surface area contributed by atoms with Gasteiger partial charge < -0.3 is 9.64 Å². The number of halogens is 1. The van der Waals surface area contributed by atoms with E-state index in [1.807, 2.05) is 0 Å². The number of rotatable bonds is 3. The molecule has 1 aliphatic carbocycles. The lowest BCUT2D eigenvalue weighted by molar-refractivity contribution is -0.139. The monoisotopic (exact) mass is 386 g/mol. The summed E-state index contributed by atoms with van der Waals surface area (Å²) in [5.41, 5.74) is 0.374. The minimum atomic E-state index is -3.55. The quantitative estimate of drug-likeness (QED) is 0.800. The molecule has 25 heavy (non-hydrogen) atoms. The minimum absolute atomic E-state index is 0.0396. The summed E-state index contributed by atoms with van der Waals surface area (Å²) in [5, 5.41) is 0.417. The smallest absolute Gasteiger partial charge is 0.265 e. The van der Waals surface area contributed by atoms with Crippen molar-refractivity contribution in [1.29, 1.82) is 0 Å². The Morgan fingerprint density at radius 1 is 1.28 bits per heavy atom. The Morgan fingerprint density at radius 3 is 2.60 bits per heavy atom. The van der Waals surface area contributed by atoms with E-state index in [1.165, 1.54) is 10.7 Å². The molecule has 1 aromatic rings. The van der Waals surface area contributed by atoms with E-state index in [1.54, 1.807) is 30.1 Å². The summed E-state index contributed by atoms with van der Waals surface area (Å²) < 4.78 is 31.4. The number of carbonyl (C=O) groups is 1. The fourth-order valence-electron chi connectivity index (χ4n) is 3.54. The highest BCUT2D eigenvalue weighted by atomic mass is 35.5. The largest absolute Gasteiger partial charge is 0.476 e. The Kier molecular flexibility index (Phi) is 5.16. The SMILES string of the molecule is CN(C(=O)[C@H]1CN(S(C)(=O)=O)c2cc(Cl)ccc2O1)C1CCCCC1. The molecule has 1 amide bonds. The molecule has 1 atom stereocenters. The molecule has 1 aromatic carbocycles. The summed E-state index contributed by atoms with van der Waals surface area (Å²) in [4.78, 5) is 14.6. The van der Waals surface area contributed by atoms with Gasteiger partial charge in [-0.2, -0.15) is 0 Å². The highest BCUT2D eigenvalue weighted by Gasteiger charge is 2.37. The molecule has 3 rings (SSSR count). The van der Waals surface area contributed by atoms with Crippen molar-refractivity contribution in [2.75, 3.05) is 24.2 Å². The van der Waals surface area contributed by atoms with Gasteiger partial charge in [-0.3, -0.25) is 9.10 Å². The zero-order chi connectivity index (χ0) is 18.2. The Balaban J connectivity index is 1.86. The molecule has 8 heteroatoms. The number of likely N-dealkylation sites (N-methyl/N-ethyl adjacent to an activating group) is 1. The lowest BCUT2D eigenvalue weighted by atomic mass is 9.94. The molecule has 2 aliphatic rings. The van der Waals surface area contributed by atoms with Crippen LogP contribution in [0.2, 0.25) is 5.02 Å². The zero-order valence-corrected chi connectivity index (χ0v) is 16.0. The van der Waals surface area contributed by atoms with Crippen LogP contribution in [0.4, 0.5) is 5.69 Å². The van der Waals surface area contributed by atoms with Crippen molar-refractivity contribution in [3.8, 4) is 5.75 Å². The molecule has 1 fully saturated rings. The number of sulfonamides is 1. The average Bonchev–Trinajstić information content (AvgIpc) is 2.59. The highest BCUT2D eigenvalue weighted by Crippen LogP contribution is 2.37. The molecule has 0 aromatic heterocycles. The summed E-state index contributed by atoms with van der Waals surface area (Å²) in [5.74, 6) is 0.178. The Hall–Kier alpha value is -1.47. The van der Waals surface area contributed by atoms with Crippen LogP contribution in [0.15, 0.2) is 18.2 Å². The number of benzene rings is 1. The van der Waals surface area contributed by atoms with Gasteiger partial charge in [0.25, 0.3) is 5.91 Å². The van der Waals surface area contributed by atoms with Gasteiger partial charge in [-0.1, -0.05) is 30.9 Å². The van der Waals surface area contributed by atoms with Crippen LogP contribution in [-0.2, 0) is 14.8 Å². The Labute approximate surface area is 153 Å². The maximum atomic E-state index is 12.9. The molecule has 138 valence electrons. The predicted molar refractivity (Wildman–Crippen MR) is 97.7 cm³/mol. The molecule has 1 heterocycles. The van der Waals surface area contributed by atoms with Crippen LogP contribution < -0.4 is 9.04 Å². The minimum Gasteiger partial charge on any atom is -0.476 e. The fraction of sp³-hybridized carbons (Fsp3) is 0.588. The van der Waals surface area contributed by atoms with Gasteiger partial charge >= 0.3 is 0 Å². The third-order valence-corrected chi connectivity index (χ3v) is 6.32. The zero-order valence-electron chi connectivity index (χ0n) is 14.4. The maximum Gasteiger partial charge on any atom is 0.265 e. The standard InChI is InChI=1S/C17H23ClN2O4S/c1-19(13-6-4-3-5-7-13)17(21)16-11-20(25(2,22)23)14-10-12(18)8-9-15(14)24-16/h8-10,13,16H,3-7,11H2,1-2H3/t16-/m1/s1. The van der Waals surface area contributed by atoms with E-state index < -0.39 is 16.1 Å². The van der Waals surface area contributed by atoms with Gasteiger partial charge in [0.1, 0.15) is 5.75 Å². The molecule has 6 nitrogen and oxygen atoms in total. The number of amides is 1. The molecule has 1 aliphatic heterocycles.